The normalized spacial score (nSPS) is 14.5. The topological polar surface area (TPSA) is 85.5 Å². The van der Waals surface area contributed by atoms with Crippen LogP contribution in [-0.2, 0) is 11.2 Å². The third-order valence-corrected chi connectivity index (χ3v) is 6.12. The Hall–Kier alpha value is -3.41. The number of pyridine rings is 1. The molecule has 1 fully saturated rings. The van der Waals surface area contributed by atoms with Crippen LogP contribution in [-0.4, -0.2) is 41.4 Å². The van der Waals surface area contributed by atoms with E-state index < -0.39 is 5.91 Å². The van der Waals surface area contributed by atoms with Crippen molar-refractivity contribution >= 4 is 22.7 Å². The average molecular weight is 432 g/mol. The SMILES string of the molecule is CCOc1ccc(CCC(=O)N2CCC(c3nc4ccccc4cc3C(N)=O)CC2)cc1. The van der Waals surface area contributed by atoms with Gasteiger partial charge in [-0.05, 0) is 56.0 Å². The van der Waals surface area contributed by atoms with Gasteiger partial charge in [-0.2, -0.15) is 0 Å². The van der Waals surface area contributed by atoms with E-state index in [9.17, 15) is 9.59 Å². The minimum Gasteiger partial charge on any atom is -0.494 e. The number of aryl methyl sites for hydroxylation is 1. The maximum Gasteiger partial charge on any atom is 0.250 e. The van der Waals surface area contributed by atoms with Crippen molar-refractivity contribution in [2.45, 2.75) is 38.5 Å². The predicted molar refractivity (Wildman–Crippen MR) is 125 cm³/mol. The molecule has 2 N–H and O–H groups in total. The highest BCUT2D eigenvalue weighted by Gasteiger charge is 2.27. The molecule has 4 rings (SSSR count). The van der Waals surface area contributed by atoms with E-state index in [1.807, 2.05) is 66.4 Å². The monoisotopic (exact) mass is 431 g/mol. The first kappa shape index (κ1) is 21.8. The number of hydrogen-bond donors (Lipinski definition) is 1. The molecule has 1 aliphatic heterocycles. The molecule has 2 heterocycles. The van der Waals surface area contributed by atoms with Gasteiger partial charge in [0, 0.05) is 30.8 Å². The van der Waals surface area contributed by atoms with Gasteiger partial charge in [-0.25, -0.2) is 0 Å². The lowest BCUT2D eigenvalue weighted by Gasteiger charge is -2.32. The zero-order chi connectivity index (χ0) is 22.5. The van der Waals surface area contributed by atoms with Gasteiger partial charge in [-0.15, -0.1) is 0 Å². The summed E-state index contributed by atoms with van der Waals surface area (Å²) in [6.07, 6.45) is 2.75. The summed E-state index contributed by atoms with van der Waals surface area (Å²) in [5.41, 5.74) is 8.90. The Morgan fingerprint density at radius 2 is 1.81 bits per heavy atom. The van der Waals surface area contributed by atoms with E-state index in [1.165, 1.54) is 0 Å². The lowest BCUT2D eigenvalue weighted by atomic mass is 9.89. The zero-order valence-electron chi connectivity index (χ0n) is 18.4. The molecule has 0 saturated carbocycles. The number of aromatic nitrogens is 1. The summed E-state index contributed by atoms with van der Waals surface area (Å²) >= 11 is 0. The lowest BCUT2D eigenvalue weighted by molar-refractivity contribution is -0.132. The van der Waals surface area contributed by atoms with Crippen molar-refractivity contribution in [3.05, 3.63) is 71.4 Å². The molecule has 166 valence electrons. The van der Waals surface area contributed by atoms with E-state index in [-0.39, 0.29) is 11.8 Å². The molecule has 3 aromatic rings. The molecule has 0 atom stereocenters. The number of ether oxygens (including phenoxy) is 1. The van der Waals surface area contributed by atoms with Crippen molar-refractivity contribution in [1.82, 2.24) is 9.88 Å². The Labute approximate surface area is 188 Å². The Balaban J connectivity index is 1.37. The molecule has 0 spiro atoms. The summed E-state index contributed by atoms with van der Waals surface area (Å²) in [5, 5.41) is 0.909. The third-order valence-electron chi connectivity index (χ3n) is 6.12. The number of hydrogen-bond acceptors (Lipinski definition) is 4. The highest BCUT2D eigenvalue weighted by Crippen LogP contribution is 2.31. The fraction of sp³-hybridized carbons (Fsp3) is 0.346. The summed E-state index contributed by atoms with van der Waals surface area (Å²) in [5.74, 6) is 0.686. The molecular formula is C26H29N3O3. The summed E-state index contributed by atoms with van der Waals surface area (Å²) < 4.78 is 5.47. The first-order chi connectivity index (χ1) is 15.5. The van der Waals surface area contributed by atoms with E-state index in [2.05, 4.69) is 0 Å². The largest absolute Gasteiger partial charge is 0.494 e. The molecule has 32 heavy (non-hydrogen) atoms. The number of carbonyl (C=O) groups is 2. The zero-order valence-corrected chi connectivity index (χ0v) is 18.4. The van der Waals surface area contributed by atoms with Gasteiger partial charge >= 0.3 is 0 Å². The Kier molecular flexibility index (Phi) is 6.69. The molecule has 6 heteroatoms. The van der Waals surface area contributed by atoms with Crippen molar-refractivity contribution in [3.8, 4) is 5.75 Å². The Morgan fingerprint density at radius 3 is 2.50 bits per heavy atom. The fourth-order valence-corrected chi connectivity index (χ4v) is 4.37. The number of benzene rings is 2. The standard InChI is InChI=1S/C26H29N3O3/c1-2-32-21-10-7-18(8-11-21)9-12-24(30)29-15-13-19(14-16-29)25-22(26(27)31)17-20-5-3-4-6-23(20)28-25/h3-8,10-11,17,19H,2,9,12-16H2,1H3,(H2,27,31). The summed E-state index contributed by atoms with van der Waals surface area (Å²) in [6, 6.07) is 17.5. The second kappa shape index (κ2) is 9.81. The van der Waals surface area contributed by atoms with Crippen LogP contribution in [0.5, 0.6) is 5.75 Å². The molecule has 0 radical (unpaired) electrons. The van der Waals surface area contributed by atoms with Crippen LogP contribution in [0.1, 0.15) is 53.7 Å². The minimum atomic E-state index is -0.452. The van der Waals surface area contributed by atoms with Gasteiger partial charge in [-0.1, -0.05) is 30.3 Å². The second-order valence-electron chi connectivity index (χ2n) is 8.21. The fourth-order valence-electron chi connectivity index (χ4n) is 4.37. The van der Waals surface area contributed by atoms with Crippen molar-refractivity contribution in [1.29, 1.82) is 0 Å². The highest BCUT2D eigenvalue weighted by atomic mass is 16.5. The first-order valence-corrected chi connectivity index (χ1v) is 11.2. The van der Waals surface area contributed by atoms with Crippen LogP contribution in [0.15, 0.2) is 54.6 Å². The number of carbonyl (C=O) groups excluding carboxylic acids is 2. The van der Waals surface area contributed by atoms with Gasteiger partial charge < -0.3 is 15.4 Å². The average Bonchev–Trinajstić information content (AvgIpc) is 2.83. The molecule has 2 amide bonds. The molecule has 1 aliphatic rings. The molecule has 2 aromatic carbocycles. The van der Waals surface area contributed by atoms with E-state index in [0.29, 0.717) is 38.1 Å². The van der Waals surface area contributed by atoms with Gasteiger partial charge in [0.05, 0.1) is 23.4 Å². The van der Waals surface area contributed by atoms with Gasteiger partial charge in [-0.3, -0.25) is 14.6 Å². The third kappa shape index (κ3) is 4.90. The van der Waals surface area contributed by atoms with Gasteiger partial charge in [0.15, 0.2) is 0 Å². The number of fused-ring (bicyclic) bond motifs is 1. The van der Waals surface area contributed by atoms with Crippen LogP contribution in [0.4, 0.5) is 0 Å². The molecule has 0 aliphatic carbocycles. The van der Waals surface area contributed by atoms with E-state index in [0.717, 1.165) is 40.8 Å². The van der Waals surface area contributed by atoms with Crippen LogP contribution in [0.25, 0.3) is 10.9 Å². The minimum absolute atomic E-state index is 0.122. The number of nitrogens with two attached hydrogens (primary N) is 1. The van der Waals surface area contributed by atoms with Crippen LogP contribution in [0, 0.1) is 0 Å². The van der Waals surface area contributed by atoms with Crippen LogP contribution in [0.2, 0.25) is 0 Å². The van der Waals surface area contributed by atoms with E-state index in [4.69, 9.17) is 15.5 Å². The smallest absolute Gasteiger partial charge is 0.250 e. The lowest BCUT2D eigenvalue weighted by Crippen LogP contribution is -2.38. The maximum atomic E-state index is 12.7. The molecule has 0 bridgehead atoms. The maximum absolute atomic E-state index is 12.7. The van der Waals surface area contributed by atoms with Crippen molar-refractivity contribution < 1.29 is 14.3 Å². The van der Waals surface area contributed by atoms with Gasteiger partial charge in [0.25, 0.3) is 5.91 Å². The van der Waals surface area contributed by atoms with Crippen molar-refractivity contribution in [3.63, 3.8) is 0 Å². The summed E-state index contributed by atoms with van der Waals surface area (Å²) in [7, 11) is 0. The number of nitrogens with zero attached hydrogens (tertiary/aromatic N) is 2. The molecular weight excluding hydrogens is 402 g/mol. The summed E-state index contributed by atoms with van der Waals surface area (Å²) in [6.45, 7) is 3.93. The van der Waals surface area contributed by atoms with Crippen LogP contribution in [0.3, 0.4) is 0 Å². The second-order valence-corrected chi connectivity index (χ2v) is 8.21. The molecule has 6 nitrogen and oxygen atoms in total. The molecule has 1 aromatic heterocycles. The van der Waals surface area contributed by atoms with Gasteiger partial charge in [0.1, 0.15) is 5.75 Å². The number of primary amides is 1. The first-order valence-electron chi connectivity index (χ1n) is 11.2. The highest BCUT2D eigenvalue weighted by molar-refractivity contribution is 5.97. The van der Waals surface area contributed by atoms with Crippen molar-refractivity contribution in [2.75, 3.05) is 19.7 Å². The quantitative estimate of drug-likeness (QED) is 0.611. The van der Waals surface area contributed by atoms with Crippen LogP contribution < -0.4 is 10.5 Å². The number of likely N-dealkylation sites (tertiary alicyclic amines) is 1. The van der Waals surface area contributed by atoms with E-state index in [1.54, 1.807) is 0 Å². The summed E-state index contributed by atoms with van der Waals surface area (Å²) in [4.78, 5) is 31.5. The van der Waals surface area contributed by atoms with E-state index >= 15 is 0 Å². The van der Waals surface area contributed by atoms with Crippen molar-refractivity contribution in [2.24, 2.45) is 5.73 Å². The Bertz CT molecular complexity index is 1100. The Morgan fingerprint density at radius 1 is 1.09 bits per heavy atom. The molecule has 0 unspecified atom stereocenters. The number of rotatable bonds is 7. The van der Waals surface area contributed by atoms with Gasteiger partial charge in [0.2, 0.25) is 5.91 Å². The molecule has 1 saturated heterocycles. The number of amides is 2. The predicted octanol–water partition coefficient (Wildman–Crippen LogP) is 4.07. The van der Waals surface area contributed by atoms with Crippen LogP contribution >= 0.6 is 0 Å². The number of para-hydroxylation sites is 1. The number of piperidine rings is 1.